The van der Waals surface area contributed by atoms with Crippen molar-refractivity contribution >= 4 is 156 Å². The summed E-state index contributed by atoms with van der Waals surface area (Å²) in [5, 5.41) is 45.5. The number of methoxy groups -OCH3 is 3. The summed E-state index contributed by atoms with van der Waals surface area (Å²) >= 11 is 12.2. The van der Waals surface area contributed by atoms with Gasteiger partial charge in [0.25, 0.3) is 0 Å². The van der Waals surface area contributed by atoms with Gasteiger partial charge in [0.05, 0.1) is 74.6 Å². The molecule has 11 heterocycles. The predicted octanol–water partition coefficient (Wildman–Crippen LogP) is 17.3. The van der Waals surface area contributed by atoms with Gasteiger partial charge in [-0.15, -0.1) is 0 Å². The number of rotatable bonds is 25. The molecule has 0 aromatic carbocycles. The molecule has 740 valence electrons. The molecule has 0 aliphatic heterocycles. The van der Waals surface area contributed by atoms with Crippen molar-refractivity contribution in [1.29, 1.82) is 0 Å². The molecule has 4 aliphatic rings. The fraction of sp³-hybridized carbons (Fsp3) is 0.505. The molecule has 15 rings (SSSR count). The highest BCUT2D eigenvalue weighted by atomic mass is 35.5. The number of nitrogens with two attached hydrogens (primary N) is 2. The fourth-order valence-electron chi connectivity index (χ4n) is 13.0. The second-order valence-electron chi connectivity index (χ2n) is 39.9. The first-order valence-electron chi connectivity index (χ1n) is 44.7. The second kappa shape index (κ2) is 43.2. The average Bonchev–Trinajstić information content (AvgIpc) is 1.63. The number of hydrogen-bond acceptors (Lipinski definition) is 32. The monoisotopic (exact) mass is 1970 g/mol. The number of carbonyl (C=O) groups is 7. The van der Waals surface area contributed by atoms with Crippen LogP contribution in [0.2, 0.25) is 46.6 Å². The molecular formula is C93H129Cl2N23O17Si2. The van der Waals surface area contributed by atoms with E-state index >= 15 is 0 Å². The van der Waals surface area contributed by atoms with Crippen LogP contribution in [0.15, 0.2) is 104 Å². The van der Waals surface area contributed by atoms with Crippen LogP contribution in [0.25, 0.3) is 22.6 Å². The van der Waals surface area contributed by atoms with Gasteiger partial charge >= 0.3 is 24.2 Å². The molecular weight excluding hydrogens is 1840 g/mol. The predicted molar refractivity (Wildman–Crippen MR) is 529 cm³/mol. The third-order valence-electron chi connectivity index (χ3n) is 23.3. The van der Waals surface area contributed by atoms with E-state index in [2.05, 4.69) is 141 Å². The van der Waals surface area contributed by atoms with Crippen LogP contribution in [-0.2, 0) is 23.1 Å². The lowest BCUT2D eigenvalue weighted by atomic mass is 10.1. The van der Waals surface area contributed by atoms with Crippen LogP contribution in [0.1, 0.15) is 197 Å². The summed E-state index contributed by atoms with van der Waals surface area (Å²) in [5.41, 5.74) is 12.8. The number of aliphatic hydroxyl groups is 1. The van der Waals surface area contributed by atoms with Crippen molar-refractivity contribution in [3.8, 4) is 17.6 Å². The number of ether oxygens (including phenoxy) is 6. The van der Waals surface area contributed by atoms with Crippen LogP contribution >= 0.6 is 23.2 Å². The maximum atomic E-state index is 13.6. The minimum atomic E-state index is -1.92. The van der Waals surface area contributed by atoms with Crippen molar-refractivity contribution in [3.63, 3.8) is 0 Å². The molecule has 44 heteroatoms. The summed E-state index contributed by atoms with van der Waals surface area (Å²) in [6, 6.07) is 17.6. The lowest BCUT2D eigenvalue weighted by Crippen LogP contribution is -2.41. The van der Waals surface area contributed by atoms with Crippen molar-refractivity contribution in [3.05, 3.63) is 137 Å². The zero-order chi connectivity index (χ0) is 101. The van der Waals surface area contributed by atoms with Crippen molar-refractivity contribution in [2.75, 3.05) is 85.9 Å². The van der Waals surface area contributed by atoms with Crippen LogP contribution in [0.5, 0.6) is 17.6 Å². The van der Waals surface area contributed by atoms with Gasteiger partial charge < -0.3 is 74.9 Å². The highest BCUT2D eigenvalue weighted by molar-refractivity contribution is 6.74. The summed E-state index contributed by atoms with van der Waals surface area (Å²) in [6.07, 6.45) is 13.4. The maximum Gasteiger partial charge on any atom is 0.415 e. The number of Topliss-reactive ketones (excluding diaryl/α,β-unsaturated/α-hetero) is 3. The van der Waals surface area contributed by atoms with E-state index in [0.29, 0.717) is 129 Å². The maximum absolute atomic E-state index is 13.6. The topological polar surface area (TPSA) is 491 Å². The van der Waals surface area contributed by atoms with Crippen LogP contribution in [0.4, 0.5) is 66.4 Å². The quantitative estimate of drug-likeness (QED) is 0.0121. The Morgan fingerprint density at radius 1 is 0.489 bits per heavy atom. The molecule has 40 nitrogen and oxygen atoms in total. The second-order valence-corrected chi connectivity index (χ2v) is 50.2. The van der Waals surface area contributed by atoms with E-state index in [4.69, 9.17) is 82.0 Å². The van der Waals surface area contributed by atoms with Gasteiger partial charge in [-0.05, 0) is 184 Å². The van der Waals surface area contributed by atoms with E-state index < -0.39 is 57.7 Å². The SMILES string of the molecule is CN(C(=O)OC(C)(C)C)c1cc(Cl)nc2c(C(=O)CC3C[C@@H]3O[Si](C)(C)C(C)(C)C)cnn12.CN(C(=O)OC(C)(C)C)c1cc(Cl)nc2c(C(=O)O)cnn12.CNc1cc(Nc2cccnc2OC)nc2c(C(=O)CC3C[C@@H]3O)cnn12.COc1ncccc1N.COc1ncccc1Nc1cc(N(C)C(=O)OC(C)(C)C)n2ncc(C(=O)CC3C[C@@H]3O[Si](C)(C)C(C)(C)C)c2n1.C[C@@H]1C[C@H]1N. The highest BCUT2D eigenvalue weighted by Gasteiger charge is 2.50. The number of carboxylic acids is 1. The molecule has 0 saturated heterocycles. The number of carbonyl (C=O) groups excluding carboxylic acids is 6. The number of amides is 3. The van der Waals surface area contributed by atoms with E-state index in [1.165, 1.54) is 79.5 Å². The van der Waals surface area contributed by atoms with E-state index in [9.17, 15) is 38.7 Å². The Kier molecular flexibility index (Phi) is 33.6. The van der Waals surface area contributed by atoms with E-state index in [0.717, 1.165) is 25.0 Å². The van der Waals surface area contributed by atoms with Crippen molar-refractivity contribution < 1.29 is 81.0 Å². The third-order valence-corrected chi connectivity index (χ3v) is 32.7. The number of fused-ring (bicyclic) bond motifs is 4. The Morgan fingerprint density at radius 2 is 0.810 bits per heavy atom. The summed E-state index contributed by atoms with van der Waals surface area (Å²) < 4.78 is 50.4. The number of aromatic nitrogens is 15. The number of anilines is 9. The smallest absolute Gasteiger partial charge is 0.415 e. The summed E-state index contributed by atoms with van der Waals surface area (Å²) in [4.78, 5) is 122. The van der Waals surface area contributed by atoms with Crippen molar-refractivity contribution in [1.82, 2.24) is 73.3 Å². The van der Waals surface area contributed by atoms with Gasteiger partial charge in [0.1, 0.15) is 79.0 Å². The van der Waals surface area contributed by atoms with E-state index in [1.54, 1.807) is 163 Å². The van der Waals surface area contributed by atoms with Crippen LogP contribution < -0.4 is 56.3 Å². The molecule has 0 radical (unpaired) electrons. The Balaban J connectivity index is 0.000000183. The summed E-state index contributed by atoms with van der Waals surface area (Å²) in [6.45, 7) is 40.3. The zero-order valence-corrected chi connectivity index (χ0v) is 86.4. The average molecular weight is 1970 g/mol. The first kappa shape index (κ1) is 107. The molecule has 11 aromatic rings. The van der Waals surface area contributed by atoms with Crippen molar-refractivity contribution in [2.45, 2.75) is 233 Å². The van der Waals surface area contributed by atoms with Gasteiger partial charge in [-0.2, -0.15) is 38.5 Å². The Bertz CT molecular complexity index is 6190. The molecule has 4 aliphatic carbocycles. The molecule has 4 saturated carbocycles. The number of ketones is 3. The van der Waals surface area contributed by atoms with Gasteiger partial charge in [0.2, 0.25) is 17.6 Å². The van der Waals surface area contributed by atoms with Gasteiger partial charge in [-0.1, -0.05) is 71.7 Å². The molecule has 9 N–H and O–H groups in total. The fourth-order valence-corrected chi connectivity index (χ4v) is 16.2. The van der Waals surface area contributed by atoms with E-state index in [1.807, 2.05) is 6.07 Å². The molecule has 8 atom stereocenters. The first-order chi connectivity index (χ1) is 63.8. The number of halogens is 2. The van der Waals surface area contributed by atoms with Crippen LogP contribution in [0.3, 0.4) is 0 Å². The number of nitrogens with zero attached hydrogens (tertiary/aromatic N) is 18. The molecule has 3 amide bonds. The largest absolute Gasteiger partial charge is 0.480 e. The number of carboxylic acid groups (broad SMARTS) is 1. The standard InChI is InChI=1S/C29H42N6O5Si.C23H35ClN4O4Si.C18H20N6O3.C13H15ClN4O4.C6H8N2O.C4H9N/c1-28(2,3)39-27(37)34(7)24-16-23(32-20-12-11-13-30-26(20)38-8)33-25-19(17-31-35(24)25)21(36)14-18-15-22(18)40-41(9,10)29(4,5)6;1-22(2,3)31-21(30)27(7)19-12-18(24)26-20-15(13-25-28(19)20)16(29)10-14-11-17(14)32-33(8,9)23(4,5)6;1-19-16-8-15(22-12-4-3-5-20-18(12)27-2)23-17-11(9-21-24(16)17)14(26)7-10-6-13(10)25;1-13(2,3)22-12(21)17(4)9-5-8(14)16-10-7(11(19)20)6-15-18(9)10;1-9-6-5(7)3-2-4-8-6;1-3-2-4(3)5/h11-13,16-18,22H,14-15H2,1-10H3,(H,32,33);12-14,17H,10-11H2,1-9H3;3-5,8-10,13,19,25H,6-7H2,1-2H3,(H,22,23);5-6H,1-4H3,(H,19,20);2-4H,7H2,1H3;3-4H,2,5H2,1H3/t18?,22-;14?,17-;10?,13-;;;3-,4-/m000..1/s1. The lowest BCUT2D eigenvalue weighted by Gasteiger charge is -2.36. The Labute approximate surface area is 808 Å². The van der Waals surface area contributed by atoms with Gasteiger partial charge in [0.15, 0.2) is 56.6 Å². The molecule has 0 spiro atoms. The Hall–Kier alpha value is -12.3. The number of hydrogen-bond donors (Lipinski definition) is 7. The molecule has 137 heavy (non-hydrogen) atoms. The summed E-state index contributed by atoms with van der Waals surface area (Å²) in [7, 11) is 7.22. The summed E-state index contributed by atoms with van der Waals surface area (Å²) in [5.74, 6) is 3.72. The third kappa shape index (κ3) is 28.0. The lowest BCUT2D eigenvalue weighted by molar-refractivity contribution is 0.0577. The highest BCUT2D eigenvalue weighted by Crippen LogP contribution is 2.48. The Morgan fingerprint density at radius 3 is 1.14 bits per heavy atom. The van der Waals surface area contributed by atoms with Gasteiger partial charge in [0, 0.05) is 109 Å². The zero-order valence-electron chi connectivity index (χ0n) is 82.9. The van der Waals surface area contributed by atoms with Crippen molar-refractivity contribution in [2.24, 2.45) is 29.4 Å². The number of aromatic carboxylic acids is 1. The number of nitrogen functional groups attached to an aromatic ring is 1. The van der Waals surface area contributed by atoms with Gasteiger partial charge in [-0.3, -0.25) is 29.1 Å². The normalized spacial score (nSPS) is 17.6. The minimum absolute atomic E-state index is 0.0391. The first-order valence-corrected chi connectivity index (χ1v) is 51.3. The van der Waals surface area contributed by atoms with Crippen LogP contribution in [0, 0.1) is 23.7 Å². The number of nitrogens with one attached hydrogen (secondary N) is 3. The molecule has 4 fully saturated rings. The molecule has 11 aromatic heterocycles. The number of pyridine rings is 3. The molecule has 0 bridgehead atoms. The van der Waals surface area contributed by atoms with E-state index in [-0.39, 0.29) is 90.8 Å². The minimum Gasteiger partial charge on any atom is -0.480 e. The van der Waals surface area contributed by atoms with Gasteiger partial charge in [-0.25, -0.2) is 54.1 Å². The number of aliphatic hydroxyl groups excluding tert-OH is 1. The molecule has 3 unspecified atom stereocenters. The van der Waals surface area contributed by atoms with Crippen LogP contribution in [-0.4, -0.2) is 232 Å².